The molecule has 224 valence electrons. The molecule has 3 heterocycles. The number of nitrogens with one attached hydrogen (secondary N) is 1. The number of nitrogens with two attached hydrogens (primary N) is 1. The average molecular weight is 563 g/mol. The summed E-state index contributed by atoms with van der Waals surface area (Å²) >= 11 is 0. The summed E-state index contributed by atoms with van der Waals surface area (Å²) in [6, 6.07) is -0.379. The Hall–Kier alpha value is -3.15. The first-order valence-corrected chi connectivity index (χ1v) is 14.6. The van der Waals surface area contributed by atoms with Gasteiger partial charge in [0.05, 0.1) is 6.61 Å². The standard InChI is InChI=1S/C16H28N2O3.C12H18N4O3/c1-3-4-5-6-7-8-14-15(19)17(2)16(20)18(14)11-13-9-10-21-12-13;1-14-9(13)8-10(17)15-12(19)16(11(8)18)6-7-4-2-3-5-7/h13-14H,3-12H2,1-2H3;7,18H,2-6H2,1H3,(H2,13,14)(H,15,17,19). The van der Waals surface area contributed by atoms with Crippen LogP contribution in [0.25, 0.3) is 0 Å². The van der Waals surface area contributed by atoms with Crippen molar-refractivity contribution in [3.8, 4) is 5.88 Å². The molecule has 0 radical (unpaired) electrons. The number of aromatic nitrogens is 2. The summed E-state index contributed by atoms with van der Waals surface area (Å²) in [5.74, 6) is 0.218. The summed E-state index contributed by atoms with van der Waals surface area (Å²) in [5, 5.41) is 10.1. The third kappa shape index (κ3) is 7.74. The highest BCUT2D eigenvalue weighted by molar-refractivity contribution is 6.03. The molecule has 12 nitrogen and oxygen atoms in total. The van der Waals surface area contributed by atoms with E-state index in [9.17, 15) is 24.3 Å². The number of H-pyrrole nitrogens is 1. The minimum atomic E-state index is -0.715. The Morgan fingerprint density at radius 3 is 2.38 bits per heavy atom. The van der Waals surface area contributed by atoms with E-state index in [2.05, 4.69) is 16.9 Å². The number of carbonyl (C=O) groups is 2. The predicted octanol–water partition coefficient (Wildman–Crippen LogP) is 2.41. The van der Waals surface area contributed by atoms with E-state index in [4.69, 9.17) is 10.5 Å². The first-order chi connectivity index (χ1) is 19.2. The molecule has 1 saturated carbocycles. The lowest BCUT2D eigenvalue weighted by atomic mass is 10.0. The highest BCUT2D eigenvalue weighted by Gasteiger charge is 2.43. The van der Waals surface area contributed by atoms with Gasteiger partial charge in [0.15, 0.2) is 0 Å². The van der Waals surface area contributed by atoms with E-state index in [0.29, 0.717) is 31.5 Å². The monoisotopic (exact) mass is 562 g/mol. The number of hydrogen-bond acceptors (Lipinski definition) is 7. The van der Waals surface area contributed by atoms with Crippen LogP contribution >= 0.6 is 0 Å². The maximum absolute atomic E-state index is 12.3. The number of amides is 3. The molecule has 12 heteroatoms. The van der Waals surface area contributed by atoms with Crippen LogP contribution in [0.1, 0.15) is 83.1 Å². The lowest BCUT2D eigenvalue weighted by Crippen LogP contribution is -2.39. The van der Waals surface area contributed by atoms with Crippen molar-refractivity contribution in [2.24, 2.45) is 22.6 Å². The van der Waals surface area contributed by atoms with Crippen LogP contribution in [0.15, 0.2) is 14.6 Å². The van der Waals surface area contributed by atoms with Crippen molar-refractivity contribution < 1.29 is 19.4 Å². The van der Waals surface area contributed by atoms with E-state index in [1.165, 1.54) is 35.8 Å². The normalized spacial score (nSPS) is 21.8. The van der Waals surface area contributed by atoms with Gasteiger partial charge in [-0.05, 0) is 31.6 Å². The fraction of sp³-hybridized carbons (Fsp3) is 0.750. The number of ether oxygens (including phenoxy) is 1. The van der Waals surface area contributed by atoms with Crippen molar-refractivity contribution in [3.63, 3.8) is 0 Å². The summed E-state index contributed by atoms with van der Waals surface area (Å²) < 4.78 is 6.55. The molecule has 1 aliphatic carbocycles. The molecule has 40 heavy (non-hydrogen) atoms. The van der Waals surface area contributed by atoms with Gasteiger partial charge in [-0.15, -0.1) is 0 Å². The Bertz CT molecular complexity index is 1150. The van der Waals surface area contributed by atoms with Gasteiger partial charge in [-0.2, -0.15) is 0 Å². The quantitative estimate of drug-likeness (QED) is 0.161. The van der Waals surface area contributed by atoms with Crippen LogP contribution in [-0.4, -0.2) is 82.1 Å². The molecule has 2 saturated heterocycles. The van der Waals surface area contributed by atoms with Crippen LogP contribution in [0.3, 0.4) is 0 Å². The van der Waals surface area contributed by atoms with Crippen molar-refractivity contribution in [1.82, 2.24) is 19.4 Å². The molecule has 4 N–H and O–H groups in total. The fourth-order valence-corrected chi connectivity index (χ4v) is 5.73. The number of nitrogens with zero attached hydrogens (tertiary/aromatic N) is 4. The number of aliphatic imine (C=N–C) groups is 1. The second-order valence-corrected chi connectivity index (χ2v) is 11.1. The van der Waals surface area contributed by atoms with Gasteiger partial charge in [-0.3, -0.25) is 29.0 Å². The van der Waals surface area contributed by atoms with Crippen LogP contribution < -0.4 is 17.0 Å². The van der Waals surface area contributed by atoms with Crippen LogP contribution in [0.2, 0.25) is 0 Å². The number of imide groups is 1. The minimum Gasteiger partial charge on any atom is -0.494 e. The molecule has 1 aromatic rings. The third-order valence-corrected chi connectivity index (χ3v) is 8.17. The summed E-state index contributed by atoms with van der Waals surface area (Å²) in [5.41, 5.74) is 4.12. The molecule has 4 rings (SSSR count). The van der Waals surface area contributed by atoms with E-state index in [-0.39, 0.29) is 29.4 Å². The Labute approximate surface area is 235 Å². The van der Waals surface area contributed by atoms with Crippen molar-refractivity contribution in [3.05, 3.63) is 26.4 Å². The van der Waals surface area contributed by atoms with Gasteiger partial charge in [0, 0.05) is 39.7 Å². The van der Waals surface area contributed by atoms with Crippen LogP contribution in [0.5, 0.6) is 5.88 Å². The van der Waals surface area contributed by atoms with Crippen LogP contribution in [0.4, 0.5) is 4.79 Å². The largest absolute Gasteiger partial charge is 0.494 e. The zero-order valence-electron chi connectivity index (χ0n) is 24.2. The smallest absolute Gasteiger partial charge is 0.331 e. The Balaban J connectivity index is 0.000000222. The molecule has 2 unspecified atom stereocenters. The average Bonchev–Trinajstić information content (AvgIpc) is 3.68. The van der Waals surface area contributed by atoms with E-state index >= 15 is 0 Å². The lowest BCUT2D eigenvalue weighted by Gasteiger charge is -2.24. The molecule has 1 aromatic heterocycles. The molecule has 3 fully saturated rings. The van der Waals surface area contributed by atoms with Gasteiger partial charge < -0.3 is 20.5 Å². The Kier molecular flexibility index (Phi) is 11.8. The topological polar surface area (TPSA) is 163 Å². The number of aromatic amines is 1. The van der Waals surface area contributed by atoms with Gasteiger partial charge in [0.2, 0.25) is 5.88 Å². The first-order valence-electron chi connectivity index (χ1n) is 14.6. The molecule has 3 aliphatic rings. The molecule has 0 aromatic carbocycles. The van der Waals surface area contributed by atoms with Crippen molar-refractivity contribution >= 4 is 17.8 Å². The SMILES string of the molecule is CCCCCCCC1C(=O)N(C)C(=O)N1CC1CCOC1.CN=C(N)c1c(O)n(CC2CCCC2)c(=O)[nH]c1=O. The second-order valence-electron chi connectivity index (χ2n) is 11.1. The number of likely N-dealkylation sites (N-methyl/N-ethyl adjacent to an activating group) is 1. The zero-order chi connectivity index (χ0) is 29.2. The van der Waals surface area contributed by atoms with E-state index in [1.807, 2.05) is 0 Å². The van der Waals surface area contributed by atoms with Gasteiger partial charge in [-0.25, -0.2) is 9.59 Å². The molecular formula is C28H46N6O6. The zero-order valence-corrected chi connectivity index (χ0v) is 24.2. The van der Waals surface area contributed by atoms with Gasteiger partial charge >= 0.3 is 11.7 Å². The summed E-state index contributed by atoms with van der Waals surface area (Å²) in [6.45, 7) is 4.74. The number of amidine groups is 1. The summed E-state index contributed by atoms with van der Waals surface area (Å²) in [4.78, 5) is 56.8. The van der Waals surface area contributed by atoms with E-state index in [0.717, 1.165) is 58.0 Å². The maximum atomic E-state index is 12.3. The Morgan fingerprint density at radius 2 is 1.75 bits per heavy atom. The van der Waals surface area contributed by atoms with Gasteiger partial charge in [0.1, 0.15) is 17.4 Å². The molecule has 2 aliphatic heterocycles. The van der Waals surface area contributed by atoms with E-state index in [1.54, 1.807) is 11.9 Å². The van der Waals surface area contributed by atoms with Gasteiger partial charge in [0.25, 0.3) is 11.5 Å². The third-order valence-electron chi connectivity index (χ3n) is 8.17. The highest BCUT2D eigenvalue weighted by Crippen LogP contribution is 2.27. The second kappa shape index (κ2) is 15.0. The first kappa shape index (κ1) is 31.4. The number of hydrogen-bond donors (Lipinski definition) is 3. The van der Waals surface area contributed by atoms with Crippen molar-refractivity contribution in [1.29, 1.82) is 0 Å². The minimum absolute atomic E-state index is 0.0330. The summed E-state index contributed by atoms with van der Waals surface area (Å²) in [6.07, 6.45) is 12.0. The summed E-state index contributed by atoms with van der Waals surface area (Å²) in [7, 11) is 3.01. The number of aromatic hydroxyl groups is 1. The van der Waals surface area contributed by atoms with Crippen molar-refractivity contribution in [2.45, 2.75) is 90.1 Å². The highest BCUT2D eigenvalue weighted by atomic mass is 16.5. The van der Waals surface area contributed by atoms with Crippen LogP contribution in [0, 0.1) is 11.8 Å². The number of rotatable bonds is 11. The number of unbranched alkanes of at least 4 members (excludes halogenated alkanes) is 4. The molecular weight excluding hydrogens is 516 g/mol. The molecule has 0 spiro atoms. The van der Waals surface area contributed by atoms with Crippen LogP contribution in [-0.2, 0) is 16.1 Å². The van der Waals surface area contributed by atoms with Crippen molar-refractivity contribution in [2.75, 3.05) is 33.9 Å². The Morgan fingerprint density at radius 1 is 1.05 bits per heavy atom. The maximum Gasteiger partial charge on any atom is 0.331 e. The number of carbonyl (C=O) groups excluding carboxylic acids is 2. The molecule has 2 atom stereocenters. The molecule has 0 bridgehead atoms. The fourth-order valence-electron chi connectivity index (χ4n) is 5.73. The predicted molar refractivity (Wildman–Crippen MR) is 153 cm³/mol. The van der Waals surface area contributed by atoms with Gasteiger partial charge in [-0.1, -0.05) is 51.9 Å². The molecule has 3 amide bonds. The van der Waals surface area contributed by atoms with E-state index < -0.39 is 17.1 Å². The lowest BCUT2D eigenvalue weighted by molar-refractivity contribution is -0.127. The number of urea groups is 1.